The average molecular weight is 233 g/mol. The number of amides is 1. The summed E-state index contributed by atoms with van der Waals surface area (Å²) in [7, 11) is 0. The van der Waals surface area contributed by atoms with Crippen molar-refractivity contribution in [2.24, 2.45) is 5.41 Å². The maximum Gasteiger partial charge on any atom is 0.223 e. The summed E-state index contributed by atoms with van der Waals surface area (Å²) >= 11 is 0. The van der Waals surface area contributed by atoms with Crippen LogP contribution in [-0.4, -0.2) is 27.3 Å². The normalized spacial score (nSPS) is 15.6. The summed E-state index contributed by atoms with van der Waals surface area (Å²) in [5.74, 6) is 0.229. The third-order valence-corrected chi connectivity index (χ3v) is 2.90. The zero-order valence-corrected chi connectivity index (χ0v) is 10.7. The van der Waals surface area contributed by atoms with Gasteiger partial charge in [-0.2, -0.15) is 0 Å². The highest BCUT2D eigenvalue weighted by atomic mass is 16.2. The van der Waals surface area contributed by atoms with E-state index in [4.69, 9.17) is 0 Å². The molecule has 1 aliphatic rings. The molecule has 4 nitrogen and oxygen atoms in total. The topological polar surface area (TPSA) is 46.1 Å². The van der Waals surface area contributed by atoms with Crippen LogP contribution in [-0.2, 0) is 17.8 Å². The third kappa shape index (κ3) is 3.02. The van der Waals surface area contributed by atoms with Crippen molar-refractivity contribution in [3.8, 4) is 0 Å². The number of rotatable bonds is 1. The van der Waals surface area contributed by atoms with Gasteiger partial charge in [-0.05, 0) is 5.41 Å². The first kappa shape index (κ1) is 12.0. The van der Waals surface area contributed by atoms with Gasteiger partial charge in [-0.1, -0.05) is 20.8 Å². The molecule has 0 radical (unpaired) electrons. The lowest BCUT2D eigenvalue weighted by Gasteiger charge is -2.30. The van der Waals surface area contributed by atoms with E-state index in [1.165, 1.54) is 0 Å². The van der Waals surface area contributed by atoms with E-state index in [0.717, 1.165) is 24.2 Å². The largest absolute Gasteiger partial charge is 0.338 e. The summed E-state index contributed by atoms with van der Waals surface area (Å²) in [5, 5.41) is 0. The molecule has 1 aliphatic heterocycles. The van der Waals surface area contributed by atoms with E-state index in [2.05, 4.69) is 30.7 Å². The first-order valence-electron chi connectivity index (χ1n) is 6.01. The van der Waals surface area contributed by atoms with Crippen LogP contribution in [0, 0.1) is 5.41 Å². The molecule has 1 amide bonds. The minimum Gasteiger partial charge on any atom is -0.338 e. The fraction of sp³-hybridized carbons (Fsp3) is 0.615. The molecule has 1 aromatic rings. The van der Waals surface area contributed by atoms with Crippen molar-refractivity contribution in [2.45, 2.75) is 40.2 Å². The maximum absolute atomic E-state index is 12.1. The second-order valence-corrected chi connectivity index (χ2v) is 5.80. The van der Waals surface area contributed by atoms with Crippen LogP contribution in [0.2, 0.25) is 0 Å². The van der Waals surface area contributed by atoms with Crippen molar-refractivity contribution in [1.29, 1.82) is 0 Å². The highest BCUT2D eigenvalue weighted by Crippen LogP contribution is 2.22. The van der Waals surface area contributed by atoms with Gasteiger partial charge in [0, 0.05) is 37.7 Å². The van der Waals surface area contributed by atoms with Gasteiger partial charge < -0.3 is 4.90 Å². The Morgan fingerprint density at radius 2 is 2.24 bits per heavy atom. The fourth-order valence-corrected chi connectivity index (χ4v) is 2.04. The molecule has 0 atom stereocenters. The van der Waals surface area contributed by atoms with Gasteiger partial charge in [0.2, 0.25) is 5.91 Å². The van der Waals surface area contributed by atoms with Crippen molar-refractivity contribution >= 4 is 5.91 Å². The van der Waals surface area contributed by atoms with Gasteiger partial charge in [-0.25, -0.2) is 9.97 Å². The Balaban J connectivity index is 2.05. The van der Waals surface area contributed by atoms with Crippen molar-refractivity contribution in [3.63, 3.8) is 0 Å². The molecular formula is C13H19N3O. The zero-order valence-electron chi connectivity index (χ0n) is 10.7. The van der Waals surface area contributed by atoms with Crippen LogP contribution in [0.4, 0.5) is 0 Å². The summed E-state index contributed by atoms with van der Waals surface area (Å²) < 4.78 is 0. The van der Waals surface area contributed by atoms with Crippen molar-refractivity contribution < 1.29 is 4.79 Å². The molecule has 2 rings (SSSR count). The van der Waals surface area contributed by atoms with E-state index < -0.39 is 0 Å². The first-order valence-corrected chi connectivity index (χ1v) is 6.01. The van der Waals surface area contributed by atoms with Crippen LogP contribution >= 0.6 is 0 Å². The van der Waals surface area contributed by atoms with Gasteiger partial charge in [-0.15, -0.1) is 0 Å². The molecule has 0 unspecified atom stereocenters. The first-order chi connectivity index (χ1) is 7.96. The summed E-state index contributed by atoms with van der Waals surface area (Å²) in [6, 6.07) is 0. The van der Waals surface area contributed by atoms with E-state index in [1.54, 1.807) is 6.33 Å². The van der Waals surface area contributed by atoms with Gasteiger partial charge in [0.25, 0.3) is 0 Å². The molecule has 0 fully saturated rings. The third-order valence-electron chi connectivity index (χ3n) is 2.90. The second kappa shape index (κ2) is 4.43. The Labute approximate surface area is 102 Å². The zero-order chi connectivity index (χ0) is 12.5. The molecule has 0 saturated carbocycles. The van der Waals surface area contributed by atoms with Crippen molar-refractivity contribution in [3.05, 3.63) is 23.8 Å². The highest BCUT2D eigenvalue weighted by molar-refractivity contribution is 5.77. The smallest absolute Gasteiger partial charge is 0.223 e. The number of aromatic nitrogens is 2. The number of fused-ring (bicyclic) bond motifs is 1. The minimum atomic E-state index is 0.0462. The summed E-state index contributed by atoms with van der Waals surface area (Å²) in [6.07, 6.45) is 4.83. The summed E-state index contributed by atoms with van der Waals surface area (Å²) in [6.45, 7) is 7.70. The Kier molecular flexibility index (Phi) is 3.13. The van der Waals surface area contributed by atoms with E-state index >= 15 is 0 Å². The van der Waals surface area contributed by atoms with E-state index in [0.29, 0.717) is 13.0 Å². The van der Waals surface area contributed by atoms with Crippen molar-refractivity contribution in [2.75, 3.05) is 6.54 Å². The Morgan fingerprint density at radius 1 is 1.47 bits per heavy atom. The molecule has 0 aromatic carbocycles. The van der Waals surface area contributed by atoms with Gasteiger partial charge in [0.1, 0.15) is 6.33 Å². The Morgan fingerprint density at radius 3 is 2.94 bits per heavy atom. The van der Waals surface area contributed by atoms with Crippen LogP contribution < -0.4 is 0 Å². The predicted molar refractivity (Wildman–Crippen MR) is 65.2 cm³/mol. The van der Waals surface area contributed by atoms with E-state index in [9.17, 15) is 4.79 Å². The minimum absolute atomic E-state index is 0.0462. The predicted octanol–water partition coefficient (Wildman–Crippen LogP) is 1.80. The lowest BCUT2D eigenvalue weighted by atomic mass is 9.91. The molecule has 4 heteroatoms. The molecular weight excluding hydrogens is 214 g/mol. The molecule has 0 spiro atoms. The number of hydrogen-bond donors (Lipinski definition) is 0. The summed E-state index contributed by atoms with van der Waals surface area (Å²) in [4.78, 5) is 22.3. The molecule has 0 saturated heterocycles. The second-order valence-electron chi connectivity index (χ2n) is 5.80. The Hall–Kier alpha value is -1.45. The molecule has 1 aromatic heterocycles. The molecule has 0 bridgehead atoms. The number of carbonyl (C=O) groups excluding carboxylic acids is 1. The molecule has 0 aliphatic carbocycles. The SMILES string of the molecule is CC(C)(C)CC(=O)N1CCc2ncncc2C1. The van der Waals surface area contributed by atoms with Gasteiger partial charge in [-0.3, -0.25) is 4.79 Å². The van der Waals surface area contributed by atoms with E-state index in [1.807, 2.05) is 11.1 Å². The van der Waals surface area contributed by atoms with Crippen LogP contribution in [0.5, 0.6) is 0 Å². The maximum atomic E-state index is 12.1. The number of carbonyl (C=O) groups is 1. The van der Waals surface area contributed by atoms with Crippen LogP contribution in [0.25, 0.3) is 0 Å². The molecule has 17 heavy (non-hydrogen) atoms. The lowest BCUT2D eigenvalue weighted by Crippen LogP contribution is -2.38. The number of hydrogen-bond acceptors (Lipinski definition) is 3. The van der Waals surface area contributed by atoms with Gasteiger partial charge in [0.15, 0.2) is 0 Å². The summed E-state index contributed by atoms with van der Waals surface area (Å²) in [5.41, 5.74) is 2.21. The lowest BCUT2D eigenvalue weighted by molar-refractivity contribution is -0.134. The standard InChI is InChI=1S/C13H19N3O/c1-13(2,3)6-12(17)16-5-4-11-10(8-16)7-14-9-15-11/h7,9H,4-6,8H2,1-3H3. The van der Waals surface area contributed by atoms with Crippen LogP contribution in [0.15, 0.2) is 12.5 Å². The molecule has 2 heterocycles. The highest BCUT2D eigenvalue weighted by Gasteiger charge is 2.24. The van der Waals surface area contributed by atoms with Gasteiger partial charge >= 0.3 is 0 Å². The van der Waals surface area contributed by atoms with Crippen LogP contribution in [0.3, 0.4) is 0 Å². The van der Waals surface area contributed by atoms with E-state index in [-0.39, 0.29) is 11.3 Å². The van der Waals surface area contributed by atoms with Crippen LogP contribution in [0.1, 0.15) is 38.4 Å². The molecule has 0 N–H and O–H groups in total. The Bertz CT molecular complexity index is 423. The van der Waals surface area contributed by atoms with Crippen molar-refractivity contribution in [1.82, 2.24) is 14.9 Å². The fourth-order valence-electron chi connectivity index (χ4n) is 2.04. The monoisotopic (exact) mass is 233 g/mol. The molecule has 92 valence electrons. The number of nitrogens with zero attached hydrogens (tertiary/aromatic N) is 3. The van der Waals surface area contributed by atoms with Gasteiger partial charge in [0.05, 0.1) is 5.69 Å². The quantitative estimate of drug-likeness (QED) is 0.743. The average Bonchev–Trinajstić information content (AvgIpc) is 2.26.